The van der Waals surface area contributed by atoms with Gasteiger partial charge < -0.3 is 19.6 Å². The number of nitrogens with two attached hydrogens (primary N) is 1. The molecule has 2 aromatic carbocycles. The van der Waals surface area contributed by atoms with Gasteiger partial charge in [0.15, 0.2) is 17.4 Å². The van der Waals surface area contributed by atoms with E-state index in [4.69, 9.17) is 19.6 Å². The van der Waals surface area contributed by atoms with E-state index in [1.54, 1.807) is 6.33 Å². The summed E-state index contributed by atoms with van der Waals surface area (Å²) < 4.78 is 20.6. The molecule has 0 saturated heterocycles. The number of nitrogen functional groups attached to an aromatic ring is 1. The van der Waals surface area contributed by atoms with Gasteiger partial charge in [0.2, 0.25) is 11.8 Å². The van der Waals surface area contributed by atoms with Crippen molar-refractivity contribution in [1.29, 1.82) is 0 Å². The lowest BCUT2D eigenvalue weighted by Crippen LogP contribution is -2.67. The van der Waals surface area contributed by atoms with E-state index >= 15 is 0 Å². The Morgan fingerprint density at radius 1 is 0.972 bits per heavy atom. The molecule has 186 valence electrons. The number of nitrogens with zero attached hydrogens (tertiary/aromatic N) is 4. The van der Waals surface area contributed by atoms with Gasteiger partial charge in [-0.25, -0.2) is 4.98 Å². The van der Waals surface area contributed by atoms with Crippen LogP contribution < -0.4 is 20.8 Å². The van der Waals surface area contributed by atoms with Gasteiger partial charge in [0.05, 0.1) is 20.0 Å². The molecule has 0 fully saturated rings. The number of imidazole rings is 1. The van der Waals surface area contributed by atoms with E-state index in [2.05, 4.69) is 84.3 Å². The van der Waals surface area contributed by atoms with E-state index in [1.165, 1.54) is 17.5 Å². The summed E-state index contributed by atoms with van der Waals surface area (Å²) >= 11 is 0. The van der Waals surface area contributed by atoms with Gasteiger partial charge in [0.1, 0.15) is 6.10 Å². The van der Waals surface area contributed by atoms with Gasteiger partial charge >= 0.3 is 0 Å². The normalized spacial score (nSPS) is 18.1. The first-order valence-corrected chi connectivity index (χ1v) is 13.9. The molecule has 0 aliphatic carbocycles. The molecular formula is C27H31N5O3Si. The van der Waals surface area contributed by atoms with E-state index in [0.717, 1.165) is 0 Å². The van der Waals surface area contributed by atoms with Crippen LogP contribution in [0.15, 0.2) is 79.1 Å². The van der Waals surface area contributed by atoms with E-state index in [9.17, 15) is 0 Å². The highest BCUT2D eigenvalue weighted by atomic mass is 28.4. The second kappa shape index (κ2) is 9.49. The average molecular weight is 502 g/mol. The van der Waals surface area contributed by atoms with Crippen molar-refractivity contribution in [3.05, 3.63) is 79.1 Å². The largest absolute Gasteiger partial charge is 0.479 e. The molecule has 1 aliphatic heterocycles. The molecule has 1 aliphatic rings. The molecule has 0 spiro atoms. The third-order valence-corrected chi connectivity index (χ3v) is 11.6. The third-order valence-electron chi connectivity index (χ3n) is 6.56. The highest BCUT2D eigenvalue weighted by Crippen LogP contribution is 2.37. The zero-order valence-electron chi connectivity index (χ0n) is 21.0. The van der Waals surface area contributed by atoms with E-state index in [-0.39, 0.29) is 23.3 Å². The summed E-state index contributed by atoms with van der Waals surface area (Å²) in [4.78, 5) is 12.9. The number of hydrogen-bond donors (Lipinski definition) is 1. The van der Waals surface area contributed by atoms with Crippen molar-refractivity contribution in [2.45, 2.75) is 38.1 Å². The van der Waals surface area contributed by atoms with Gasteiger partial charge in [-0.1, -0.05) is 87.5 Å². The van der Waals surface area contributed by atoms with Crippen molar-refractivity contribution >= 4 is 35.8 Å². The number of rotatable bonds is 7. The Morgan fingerprint density at radius 2 is 1.61 bits per heavy atom. The second-order valence-electron chi connectivity index (χ2n) is 9.84. The van der Waals surface area contributed by atoms with Crippen LogP contribution in [0.5, 0.6) is 5.88 Å². The topological polar surface area (TPSA) is 97.3 Å². The monoisotopic (exact) mass is 501 g/mol. The number of fused-ring (bicyclic) bond motifs is 1. The van der Waals surface area contributed by atoms with Crippen LogP contribution in [0.4, 0.5) is 5.95 Å². The maximum atomic E-state index is 7.03. The van der Waals surface area contributed by atoms with Crippen LogP contribution >= 0.6 is 0 Å². The predicted molar refractivity (Wildman–Crippen MR) is 143 cm³/mol. The van der Waals surface area contributed by atoms with E-state index < -0.39 is 8.32 Å². The van der Waals surface area contributed by atoms with Gasteiger partial charge in [-0.2, -0.15) is 9.97 Å². The molecule has 0 bridgehead atoms. The molecule has 2 aromatic heterocycles. The van der Waals surface area contributed by atoms with Crippen molar-refractivity contribution < 1.29 is 13.9 Å². The van der Waals surface area contributed by atoms with Crippen molar-refractivity contribution in [1.82, 2.24) is 19.5 Å². The predicted octanol–water partition coefficient (Wildman–Crippen LogP) is 3.45. The van der Waals surface area contributed by atoms with Crippen molar-refractivity contribution in [2.24, 2.45) is 0 Å². The number of anilines is 1. The highest BCUT2D eigenvalue weighted by Gasteiger charge is 2.50. The van der Waals surface area contributed by atoms with Crippen molar-refractivity contribution in [3.63, 3.8) is 0 Å². The van der Waals surface area contributed by atoms with Crippen LogP contribution in [0, 0.1) is 0 Å². The van der Waals surface area contributed by atoms with Crippen LogP contribution in [0.1, 0.15) is 27.0 Å². The summed E-state index contributed by atoms with van der Waals surface area (Å²) in [7, 11) is -1.12. The molecule has 0 radical (unpaired) electrons. The van der Waals surface area contributed by atoms with E-state index in [1.807, 2.05) is 28.9 Å². The molecule has 4 aromatic rings. The second-order valence-corrected chi connectivity index (χ2v) is 14.1. The first kappa shape index (κ1) is 24.2. The average Bonchev–Trinajstić information content (AvgIpc) is 3.51. The van der Waals surface area contributed by atoms with Gasteiger partial charge in [-0.3, -0.25) is 4.57 Å². The molecule has 36 heavy (non-hydrogen) atoms. The Morgan fingerprint density at radius 3 is 2.19 bits per heavy atom. The van der Waals surface area contributed by atoms with Gasteiger partial charge in [-0.05, 0) is 21.5 Å². The fourth-order valence-electron chi connectivity index (χ4n) is 4.95. The summed E-state index contributed by atoms with van der Waals surface area (Å²) in [6, 6.07) is 21.2. The zero-order chi connectivity index (χ0) is 25.3. The summed E-state index contributed by atoms with van der Waals surface area (Å²) in [6.45, 7) is 7.22. The Bertz CT molecular complexity index is 1330. The molecule has 8 nitrogen and oxygen atoms in total. The number of methoxy groups -OCH3 is 1. The molecule has 2 N–H and O–H groups in total. The van der Waals surface area contributed by atoms with Crippen molar-refractivity contribution in [2.75, 3.05) is 19.5 Å². The molecule has 0 unspecified atom stereocenters. The van der Waals surface area contributed by atoms with E-state index in [0.29, 0.717) is 23.7 Å². The molecule has 0 saturated carbocycles. The molecule has 9 heteroatoms. The first-order valence-electron chi connectivity index (χ1n) is 12.0. The lowest BCUT2D eigenvalue weighted by Gasteiger charge is -2.43. The minimum Gasteiger partial charge on any atom is -0.479 e. The van der Waals surface area contributed by atoms with Crippen LogP contribution in [-0.2, 0) is 9.16 Å². The standard InChI is InChI=1S/C27H31N5O3Si/c1-27(2,3)36(20-11-7-5-8-12-20,21-13-9-6-10-14-21)34-17-19-15-16-22(35-19)32-18-29-23-24(32)30-26(28)31-25(23)33-4/h5-16,18-19,22H,17H2,1-4H3,(H2,28,30,31)/t19-,22+/m0/s1. The minimum atomic E-state index is -2.66. The molecule has 2 atom stereocenters. The Kier molecular flexibility index (Phi) is 6.38. The first-order chi connectivity index (χ1) is 17.3. The maximum Gasteiger partial charge on any atom is 0.261 e. The molecule has 0 amide bonds. The summed E-state index contributed by atoms with van der Waals surface area (Å²) in [5.41, 5.74) is 6.98. The van der Waals surface area contributed by atoms with Crippen LogP contribution in [0.2, 0.25) is 5.04 Å². The highest BCUT2D eigenvalue weighted by molar-refractivity contribution is 6.99. The Labute approximate surface area is 211 Å². The summed E-state index contributed by atoms with van der Waals surface area (Å²) in [5, 5.41) is 2.37. The lowest BCUT2D eigenvalue weighted by atomic mass is 10.2. The molecular weight excluding hydrogens is 470 g/mol. The van der Waals surface area contributed by atoms with Crippen LogP contribution in [-0.4, -0.2) is 47.7 Å². The number of benzene rings is 2. The van der Waals surface area contributed by atoms with Crippen LogP contribution in [0.3, 0.4) is 0 Å². The van der Waals surface area contributed by atoms with Crippen molar-refractivity contribution in [3.8, 4) is 5.88 Å². The number of aromatic nitrogens is 4. The summed E-state index contributed by atoms with van der Waals surface area (Å²) in [6.07, 6.45) is 5.08. The molecule has 3 heterocycles. The van der Waals surface area contributed by atoms with Gasteiger partial charge in [0, 0.05) is 0 Å². The summed E-state index contributed by atoms with van der Waals surface area (Å²) in [5.74, 6) is 0.458. The zero-order valence-corrected chi connectivity index (χ0v) is 22.0. The lowest BCUT2D eigenvalue weighted by molar-refractivity contribution is -0.00308. The fraction of sp³-hybridized carbons (Fsp3) is 0.296. The number of ether oxygens (including phenoxy) is 2. The van der Waals surface area contributed by atoms with Gasteiger partial charge in [0.25, 0.3) is 8.32 Å². The third kappa shape index (κ3) is 4.19. The minimum absolute atomic E-state index is 0.108. The quantitative estimate of drug-likeness (QED) is 0.306. The number of hydrogen-bond acceptors (Lipinski definition) is 7. The van der Waals surface area contributed by atoms with Crippen LogP contribution in [0.25, 0.3) is 11.2 Å². The fourth-order valence-corrected chi connectivity index (χ4v) is 9.52. The van der Waals surface area contributed by atoms with Gasteiger partial charge in [-0.15, -0.1) is 0 Å². The Hall–Kier alpha value is -3.53. The molecule has 5 rings (SSSR count). The SMILES string of the molecule is COc1nc(N)nc2c1ncn2[C@H]1C=C[C@@H](CO[Si](c2ccccc2)(c2ccccc2)C(C)(C)C)O1. The Balaban J connectivity index is 1.42. The smallest absolute Gasteiger partial charge is 0.261 e. The maximum absolute atomic E-state index is 7.03.